The lowest BCUT2D eigenvalue weighted by Crippen LogP contribution is -1.99. The van der Waals surface area contributed by atoms with Crippen LogP contribution in [-0.4, -0.2) is 69.8 Å². The van der Waals surface area contributed by atoms with Crippen LogP contribution in [0.5, 0.6) is 0 Å². The van der Waals surface area contributed by atoms with Gasteiger partial charge in [-0.25, -0.2) is 59.8 Å². The van der Waals surface area contributed by atoms with Crippen molar-refractivity contribution in [3.05, 3.63) is 425 Å². The summed E-state index contributed by atoms with van der Waals surface area (Å²) in [4.78, 5) is 70.6. The fourth-order valence-corrected chi connectivity index (χ4v) is 14.4. The van der Waals surface area contributed by atoms with E-state index in [0.717, 1.165) is 135 Å². The van der Waals surface area contributed by atoms with Crippen molar-refractivity contribution in [1.82, 2.24) is 69.8 Å². The molecule has 0 fully saturated rings. The fraction of sp³-hybridized carbons (Fsp3) is 0. The molecule has 10 aromatic heterocycles. The molecule has 0 spiro atoms. The van der Waals surface area contributed by atoms with E-state index in [-0.39, 0.29) is 0 Å². The minimum Gasteiger partial charge on any atom is -0.255 e. The van der Waals surface area contributed by atoms with E-state index in [1.165, 1.54) is 0 Å². The van der Waals surface area contributed by atoms with E-state index in [4.69, 9.17) is 64.8 Å². The summed E-state index contributed by atoms with van der Waals surface area (Å²) in [6, 6.07) is 138. The van der Waals surface area contributed by atoms with Crippen molar-refractivity contribution in [3.63, 3.8) is 0 Å². The molecular weight excluding hydrogens is 1470 g/mol. The molecule has 20 aromatic rings. The van der Waals surface area contributed by atoms with Crippen LogP contribution in [0.3, 0.4) is 0 Å². The van der Waals surface area contributed by atoms with Gasteiger partial charge in [-0.15, -0.1) is 0 Å². The number of nitrogens with zero attached hydrogens (tertiary/aromatic N) is 14. The average Bonchev–Trinajstić information content (AvgIpc) is 0.770. The highest BCUT2D eigenvalue weighted by atomic mass is 14.9. The summed E-state index contributed by atoms with van der Waals surface area (Å²) in [6.07, 6.45) is 3.58. The third-order valence-corrected chi connectivity index (χ3v) is 20.4. The van der Waals surface area contributed by atoms with Crippen LogP contribution in [0, 0.1) is 0 Å². The Morgan fingerprint density at radius 1 is 0.108 bits per heavy atom. The van der Waals surface area contributed by atoms with Gasteiger partial charge in [-0.05, 0) is 125 Å². The summed E-state index contributed by atoms with van der Waals surface area (Å²) in [7, 11) is 0. The maximum Gasteiger partial charge on any atom is 0.160 e. The van der Waals surface area contributed by atoms with Crippen molar-refractivity contribution in [1.29, 1.82) is 0 Å². The zero-order chi connectivity index (χ0) is 80.2. The molecule has 0 saturated heterocycles. The molecule has 14 nitrogen and oxygen atoms in total. The number of hydrogen-bond acceptors (Lipinski definition) is 14. The molecule has 0 aliphatic heterocycles. The van der Waals surface area contributed by atoms with Crippen molar-refractivity contribution in [2.24, 2.45) is 0 Å². The fourth-order valence-electron chi connectivity index (χ4n) is 14.4. The Kier molecular flexibility index (Phi) is 21.0. The summed E-state index contributed by atoms with van der Waals surface area (Å²) in [5.41, 5.74) is 27.2. The Hall–Kier alpha value is -16.6. The molecule has 10 aromatic carbocycles. The summed E-state index contributed by atoms with van der Waals surface area (Å²) in [6.45, 7) is 0. The van der Waals surface area contributed by atoms with E-state index >= 15 is 0 Å². The first-order chi connectivity index (χ1) is 59.4. The molecule has 0 bridgehead atoms. The van der Waals surface area contributed by atoms with Crippen molar-refractivity contribution < 1.29 is 0 Å². The molecule has 564 valence electrons. The molecule has 14 heteroatoms. The van der Waals surface area contributed by atoms with Gasteiger partial charge >= 0.3 is 0 Å². The smallest absolute Gasteiger partial charge is 0.160 e. The van der Waals surface area contributed by atoms with E-state index in [2.05, 4.69) is 132 Å². The summed E-state index contributed by atoms with van der Waals surface area (Å²) >= 11 is 0. The van der Waals surface area contributed by atoms with Crippen molar-refractivity contribution in [2.45, 2.75) is 0 Å². The summed E-state index contributed by atoms with van der Waals surface area (Å²) < 4.78 is 0. The molecule has 120 heavy (non-hydrogen) atoms. The van der Waals surface area contributed by atoms with E-state index in [0.29, 0.717) is 68.8 Å². The standard InChI is InChI=1S/2C53H35N7/c1-5-17-36(18-6-1)46-34-48(59-52(57-46)38-21-9-3-10-22-38)41-26-15-25-40(31-41)42-32-49(43-27-13-14-30-54-43)56-50(33-42)44-28-16-29-45(55-44)51-35-47(37-19-7-2-8-20-37)58-53(60-51)39-23-11-4-12-24-39;1-5-18-36(19-6-1)46-34-48(59-52(57-46)38-22-9-3-10-23-38)42-27-14-13-26-41(42)40-32-49(43-28-15-16-31-54-43)56-50(33-40)44-29-17-30-45(55-44)51-35-47(37-20-7-2-8-21-37)58-53(60-51)39-24-11-4-12-25-39/h2*1-35H. The second kappa shape index (κ2) is 34.2. The van der Waals surface area contributed by atoms with Gasteiger partial charge in [0.05, 0.1) is 102 Å². The van der Waals surface area contributed by atoms with Crippen molar-refractivity contribution >= 4 is 0 Å². The lowest BCUT2D eigenvalue weighted by Gasteiger charge is -2.15. The number of hydrogen-bond donors (Lipinski definition) is 0. The Morgan fingerprint density at radius 2 is 0.342 bits per heavy atom. The minimum absolute atomic E-state index is 0.629. The predicted octanol–water partition coefficient (Wildman–Crippen LogP) is 24.9. The second-order valence-corrected chi connectivity index (χ2v) is 28.4. The number of benzene rings is 10. The molecule has 0 amide bonds. The van der Waals surface area contributed by atoms with Crippen LogP contribution in [-0.2, 0) is 0 Å². The Morgan fingerprint density at radius 3 is 0.700 bits per heavy atom. The molecule has 0 aliphatic rings. The van der Waals surface area contributed by atoms with Gasteiger partial charge in [0.15, 0.2) is 23.3 Å². The molecule has 0 atom stereocenters. The Labute approximate surface area is 694 Å². The van der Waals surface area contributed by atoms with Crippen LogP contribution in [0.1, 0.15) is 0 Å². The highest BCUT2D eigenvalue weighted by molar-refractivity contribution is 5.88. The Balaban J connectivity index is 0.000000159. The van der Waals surface area contributed by atoms with E-state index in [1.54, 1.807) is 12.4 Å². The first kappa shape index (κ1) is 73.6. The Bertz CT molecular complexity index is 6570. The van der Waals surface area contributed by atoms with Gasteiger partial charge in [0.2, 0.25) is 0 Å². The van der Waals surface area contributed by atoms with E-state index in [9.17, 15) is 0 Å². The van der Waals surface area contributed by atoms with Crippen LogP contribution >= 0.6 is 0 Å². The highest BCUT2D eigenvalue weighted by Crippen LogP contribution is 2.40. The second-order valence-electron chi connectivity index (χ2n) is 28.4. The third kappa shape index (κ3) is 16.6. The summed E-state index contributed by atoms with van der Waals surface area (Å²) in [5, 5.41) is 0. The molecule has 0 radical (unpaired) electrons. The predicted molar refractivity (Wildman–Crippen MR) is 480 cm³/mol. The zero-order valence-electron chi connectivity index (χ0n) is 64.7. The summed E-state index contributed by atoms with van der Waals surface area (Å²) in [5.74, 6) is 2.58. The van der Waals surface area contributed by atoms with E-state index < -0.39 is 0 Å². The number of aromatic nitrogens is 14. The lowest BCUT2D eigenvalue weighted by atomic mass is 9.95. The van der Waals surface area contributed by atoms with Gasteiger partial charge in [0.1, 0.15) is 0 Å². The van der Waals surface area contributed by atoms with Crippen LogP contribution in [0.2, 0.25) is 0 Å². The monoisotopic (exact) mass is 1540 g/mol. The number of rotatable bonds is 18. The van der Waals surface area contributed by atoms with Crippen LogP contribution in [0.15, 0.2) is 425 Å². The molecular formula is C106H70N14. The largest absolute Gasteiger partial charge is 0.255 e. The molecule has 20 rings (SSSR count). The van der Waals surface area contributed by atoms with Crippen molar-refractivity contribution in [3.8, 4) is 204 Å². The molecule has 0 aliphatic carbocycles. The SMILES string of the molecule is c1ccc(-c2cc(-c3cccc(-c4cc(-c5ccccc5-c5cc(-c6ccccc6)nc(-c6ccccc6)n5)cc(-c5ccccn5)n4)n3)nc(-c3ccccc3)n2)cc1.c1ccc(-c2cc(-c3cccc(-c4cc(-c5ccccn5)nc(-c5cccc(-c6cc(-c7ccccc7)nc(-c7ccccc7)n6)n5)c4)c3)nc(-c3ccccc3)n2)cc1. The van der Waals surface area contributed by atoms with Crippen LogP contribution in [0.4, 0.5) is 0 Å². The van der Waals surface area contributed by atoms with Gasteiger partial charge in [-0.1, -0.05) is 309 Å². The maximum absolute atomic E-state index is 5.23. The van der Waals surface area contributed by atoms with Gasteiger partial charge in [-0.2, -0.15) is 0 Å². The van der Waals surface area contributed by atoms with E-state index in [1.807, 2.05) is 285 Å². The quantitative estimate of drug-likeness (QED) is 0.0791. The van der Waals surface area contributed by atoms with Gasteiger partial charge in [0.25, 0.3) is 0 Å². The average molecular weight is 1540 g/mol. The lowest BCUT2D eigenvalue weighted by molar-refractivity contribution is 1.16. The third-order valence-electron chi connectivity index (χ3n) is 20.4. The zero-order valence-corrected chi connectivity index (χ0v) is 64.7. The molecule has 0 unspecified atom stereocenters. The van der Waals surface area contributed by atoms with Crippen molar-refractivity contribution in [2.75, 3.05) is 0 Å². The molecule has 10 heterocycles. The first-order valence-electron chi connectivity index (χ1n) is 39.4. The topological polar surface area (TPSA) is 180 Å². The highest BCUT2D eigenvalue weighted by Gasteiger charge is 2.22. The minimum atomic E-state index is 0.629. The number of pyridine rings is 6. The van der Waals surface area contributed by atoms with Gasteiger partial charge < -0.3 is 0 Å². The molecule has 0 N–H and O–H groups in total. The first-order valence-corrected chi connectivity index (χ1v) is 39.4. The van der Waals surface area contributed by atoms with Crippen LogP contribution < -0.4 is 0 Å². The van der Waals surface area contributed by atoms with Gasteiger partial charge in [0, 0.05) is 68.0 Å². The normalized spacial score (nSPS) is 11.0. The maximum atomic E-state index is 5.23. The van der Waals surface area contributed by atoms with Gasteiger partial charge in [-0.3, -0.25) is 9.97 Å². The van der Waals surface area contributed by atoms with Crippen LogP contribution in [0.25, 0.3) is 204 Å². The molecule has 0 saturated carbocycles.